The largest absolute Gasteiger partial charge is 0.504 e. The van der Waals surface area contributed by atoms with Crippen LogP contribution in [0.4, 0.5) is 0 Å². The number of nitrogens with zero attached hydrogens (tertiary/aromatic N) is 1. The molecule has 0 unspecified atom stereocenters. The van der Waals surface area contributed by atoms with Crippen molar-refractivity contribution < 1.29 is 23.1 Å². The molecule has 23 heavy (non-hydrogen) atoms. The quantitative estimate of drug-likeness (QED) is 0.595. The summed E-state index contributed by atoms with van der Waals surface area (Å²) in [7, 11) is -2.97. The van der Waals surface area contributed by atoms with Crippen molar-refractivity contribution in [1.82, 2.24) is 5.43 Å². The highest BCUT2D eigenvalue weighted by molar-refractivity contribution is 7.91. The van der Waals surface area contributed by atoms with Crippen molar-refractivity contribution in [3.05, 3.63) is 23.8 Å². The Morgan fingerprint density at radius 2 is 2.30 bits per heavy atom. The Balaban J connectivity index is 1.86. The Kier molecular flexibility index (Phi) is 5.59. The summed E-state index contributed by atoms with van der Waals surface area (Å²) in [5.74, 6) is 0.164. The first kappa shape index (κ1) is 17.3. The molecular weight excluding hydrogens is 320 g/mol. The number of ether oxygens (including phenoxy) is 1. The zero-order chi connectivity index (χ0) is 16.9. The first-order chi connectivity index (χ1) is 10.9. The molecule has 1 amide bonds. The summed E-state index contributed by atoms with van der Waals surface area (Å²) in [4.78, 5) is 11.7. The first-order valence-electron chi connectivity index (χ1n) is 7.38. The maximum atomic E-state index is 11.7. The molecule has 1 saturated heterocycles. The maximum Gasteiger partial charge on any atom is 0.240 e. The molecule has 2 rings (SSSR count). The molecule has 1 aromatic carbocycles. The van der Waals surface area contributed by atoms with Gasteiger partial charge in [-0.2, -0.15) is 5.10 Å². The van der Waals surface area contributed by atoms with Crippen LogP contribution in [0.25, 0.3) is 0 Å². The lowest BCUT2D eigenvalue weighted by molar-refractivity contribution is -0.121. The lowest BCUT2D eigenvalue weighted by atomic mass is 10.1. The van der Waals surface area contributed by atoms with E-state index in [4.69, 9.17) is 4.74 Å². The molecule has 0 radical (unpaired) electrons. The number of hydrazone groups is 1. The van der Waals surface area contributed by atoms with Crippen LogP contribution in [0.5, 0.6) is 11.5 Å². The van der Waals surface area contributed by atoms with Crippen LogP contribution in [0.15, 0.2) is 23.3 Å². The molecule has 1 aromatic rings. The molecule has 7 nitrogen and oxygen atoms in total. The summed E-state index contributed by atoms with van der Waals surface area (Å²) < 4.78 is 27.9. The van der Waals surface area contributed by atoms with Crippen molar-refractivity contribution in [1.29, 1.82) is 0 Å². The number of rotatable bonds is 6. The van der Waals surface area contributed by atoms with Crippen molar-refractivity contribution >= 4 is 22.0 Å². The van der Waals surface area contributed by atoms with Crippen LogP contribution in [-0.4, -0.2) is 43.8 Å². The van der Waals surface area contributed by atoms with E-state index in [2.05, 4.69) is 10.5 Å². The number of benzene rings is 1. The van der Waals surface area contributed by atoms with Crippen LogP contribution in [-0.2, 0) is 14.6 Å². The predicted molar refractivity (Wildman–Crippen MR) is 86.4 cm³/mol. The van der Waals surface area contributed by atoms with Gasteiger partial charge in [-0.15, -0.1) is 0 Å². The summed E-state index contributed by atoms with van der Waals surface area (Å²) in [6, 6.07) is 4.73. The van der Waals surface area contributed by atoms with E-state index in [1.807, 2.05) is 6.92 Å². The second kappa shape index (κ2) is 7.45. The first-order valence-corrected chi connectivity index (χ1v) is 9.20. The lowest BCUT2D eigenvalue weighted by Gasteiger charge is -2.06. The summed E-state index contributed by atoms with van der Waals surface area (Å²) in [6.07, 6.45) is 2.11. The van der Waals surface area contributed by atoms with Gasteiger partial charge in [0.25, 0.3) is 0 Å². The average Bonchev–Trinajstić information content (AvgIpc) is 2.81. The van der Waals surface area contributed by atoms with Gasteiger partial charge in [0.1, 0.15) is 0 Å². The van der Waals surface area contributed by atoms with E-state index in [1.165, 1.54) is 12.3 Å². The number of amides is 1. The highest BCUT2D eigenvalue weighted by atomic mass is 32.2. The summed E-state index contributed by atoms with van der Waals surface area (Å²) >= 11 is 0. The number of phenols is 1. The van der Waals surface area contributed by atoms with Crippen molar-refractivity contribution in [3.8, 4) is 11.5 Å². The molecular formula is C15H20N2O5S. The van der Waals surface area contributed by atoms with E-state index in [0.29, 0.717) is 24.3 Å². The minimum absolute atomic E-state index is 0.0375. The minimum Gasteiger partial charge on any atom is -0.504 e. The van der Waals surface area contributed by atoms with Crippen LogP contribution < -0.4 is 10.2 Å². The molecule has 1 fully saturated rings. The molecule has 8 heteroatoms. The monoisotopic (exact) mass is 340 g/mol. The molecule has 0 bridgehead atoms. The molecule has 1 heterocycles. The molecule has 126 valence electrons. The Morgan fingerprint density at radius 3 is 2.96 bits per heavy atom. The Labute approximate surface area is 135 Å². The molecule has 1 atom stereocenters. The number of nitrogens with one attached hydrogen (secondary N) is 1. The Bertz CT molecular complexity index is 700. The Hall–Kier alpha value is -2.09. The zero-order valence-electron chi connectivity index (χ0n) is 12.9. The van der Waals surface area contributed by atoms with E-state index in [0.717, 1.165) is 0 Å². The average molecular weight is 340 g/mol. The summed E-state index contributed by atoms with van der Waals surface area (Å²) in [6.45, 7) is 2.23. The SMILES string of the molecule is CCOc1cc(/C=N/NC(=O)C[C@@H]2CCS(=O)(=O)C2)ccc1O. The van der Waals surface area contributed by atoms with Crippen LogP contribution in [0.2, 0.25) is 0 Å². The van der Waals surface area contributed by atoms with E-state index in [-0.39, 0.29) is 35.5 Å². The fraction of sp³-hybridized carbons (Fsp3) is 0.467. The van der Waals surface area contributed by atoms with Crippen molar-refractivity contribution in [2.24, 2.45) is 11.0 Å². The number of carbonyl (C=O) groups is 1. The van der Waals surface area contributed by atoms with Crippen LogP contribution >= 0.6 is 0 Å². The van der Waals surface area contributed by atoms with Gasteiger partial charge >= 0.3 is 0 Å². The highest BCUT2D eigenvalue weighted by Gasteiger charge is 2.29. The summed E-state index contributed by atoms with van der Waals surface area (Å²) in [5.41, 5.74) is 3.05. The van der Waals surface area contributed by atoms with Gasteiger partial charge in [0.2, 0.25) is 5.91 Å². The zero-order valence-corrected chi connectivity index (χ0v) is 13.7. The second-order valence-electron chi connectivity index (χ2n) is 5.43. The second-order valence-corrected chi connectivity index (χ2v) is 7.66. The fourth-order valence-electron chi connectivity index (χ4n) is 2.40. The van der Waals surface area contributed by atoms with Crippen LogP contribution in [0.1, 0.15) is 25.3 Å². The number of sulfone groups is 1. The van der Waals surface area contributed by atoms with Gasteiger partial charge in [-0.1, -0.05) is 0 Å². The molecule has 1 aliphatic rings. The van der Waals surface area contributed by atoms with Gasteiger partial charge < -0.3 is 9.84 Å². The van der Waals surface area contributed by atoms with E-state index < -0.39 is 9.84 Å². The van der Waals surface area contributed by atoms with E-state index in [9.17, 15) is 18.3 Å². The molecule has 2 N–H and O–H groups in total. The van der Waals surface area contributed by atoms with Crippen molar-refractivity contribution in [2.45, 2.75) is 19.8 Å². The third-order valence-corrected chi connectivity index (χ3v) is 5.32. The summed E-state index contributed by atoms with van der Waals surface area (Å²) in [5, 5.41) is 13.4. The topological polar surface area (TPSA) is 105 Å². The molecule has 0 aliphatic carbocycles. The number of phenolic OH excluding ortho intramolecular Hbond substituents is 1. The molecule has 0 saturated carbocycles. The number of carbonyl (C=O) groups excluding carboxylic acids is 1. The van der Waals surface area contributed by atoms with Crippen molar-refractivity contribution in [3.63, 3.8) is 0 Å². The van der Waals surface area contributed by atoms with Gasteiger partial charge in [0.15, 0.2) is 21.3 Å². The number of hydrogen-bond acceptors (Lipinski definition) is 6. The van der Waals surface area contributed by atoms with E-state index in [1.54, 1.807) is 12.1 Å². The number of aromatic hydroxyl groups is 1. The molecule has 0 aromatic heterocycles. The van der Waals surface area contributed by atoms with Crippen LogP contribution in [0, 0.1) is 5.92 Å². The third kappa shape index (κ3) is 5.24. The molecule has 0 spiro atoms. The van der Waals surface area contributed by atoms with E-state index >= 15 is 0 Å². The highest BCUT2D eigenvalue weighted by Crippen LogP contribution is 2.26. The predicted octanol–water partition coefficient (Wildman–Crippen LogP) is 1.07. The van der Waals surface area contributed by atoms with Crippen LogP contribution in [0.3, 0.4) is 0 Å². The van der Waals surface area contributed by atoms with Gasteiger partial charge in [-0.3, -0.25) is 4.79 Å². The lowest BCUT2D eigenvalue weighted by Crippen LogP contribution is -2.21. The van der Waals surface area contributed by atoms with Gasteiger partial charge in [0, 0.05) is 6.42 Å². The van der Waals surface area contributed by atoms with Gasteiger partial charge in [-0.25, -0.2) is 13.8 Å². The smallest absolute Gasteiger partial charge is 0.240 e. The molecule has 1 aliphatic heterocycles. The maximum absolute atomic E-state index is 11.7. The Morgan fingerprint density at radius 1 is 1.52 bits per heavy atom. The third-order valence-electron chi connectivity index (χ3n) is 3.49. The minimum atomic E-state index is -2.97. The fourth-order valence-corrected chi connectivity index (χ4v) is 4.26. The van der Waals surface area contributed by atoms with Gasteiger partial charge in [0.05, 0.1) is 24.3 Å². The van der Waals surface area contributed by atoms with Gasteiger partial charge in [-0.05, 0) is 43.0 Å². The number of hydrogen-bond donors (Lipinski definition) is 2. The standard InChI is InChI=1S/C15H20N2O5S/c1-2-22-14-7-11(3-4-13(14)18)9-16-17-15(19)8-12-5-6-23(20,21)10-12/h3-4,7,9,12,18H,2,5-6,8,10H2,1H3,(H,17,19)/b16-9+/t12-/m0/s1. The van der Waals surface area contributed by atoms with Crippen molar-refractivity contribution in [2.75, 3.05) is 18.1 Å². The normalized spacial score (nSPS) is 19.8.